The summed E-state index contributed by atoms with van der Waals surface area (Å²) in [6, 6.07) is 0.336. The van der Waals surface area contributed by atoms with E-state index in [1.54, 1.807) is 7.11 Å². The number of hydrogen-bond donors (Lipinski definition) is 2. The summed E-state index contributed by atoms with van der Waals surface area (Å²) in [4.78, 5) is 8.97. The van der Waals surface area contributed by atoms with E-state index in [1.165, 1.54) is 44.9 Å². The number of guanidine groups is 1. The molecule has 2 heterocycles. The van der Waals surface area contributed by atoms with Gasteiger partial charge >= 0.3 is 0 Å². The van der Waals surface area contributed by atoms with Crippen LogP contribution in [0.1, 0.15) is 63.0 Å². The lowest BCUT2D eigenvalue weighted by Gasteiger charge is -2.26. The number of nitrogens with one attached hydrogen (secondary N) is 2. The van der Waals surface area contributed by atoms with Crippen LogP contribution in [0.3, 0.4) is 0 Å². The minimum atomic E-state index is 0.336. The highest BCUT2D eigenvalue weighted by molar-refractivity contribution is 5.79. The van der Waals surface area contributed by atoms with Gasteiger partial charge in [-0.15, -0.1) is 0 Å². The molecule has 3 rings (SSSR count). The Morgan fingerprint density at radius 2 is 1.96 bits per heavy atom. The molecule has 2 N–H and O–H groups in total. The molecule has 1 aliphatic heterocycles. The third kappa shape index (κ3) is 5.43. The third-order valence-electron chi connectivity index (χ3n) is 5.52. The van der Waals surface area contributed by atoms with E-state index in [0.29, 0.717) is 12.6 Å². The lowest BCUT2D eigenvalue weighted by Crippen LogP contribution is -2.48. The van der Waals surface area contributed by atoms with Crippen LogP contribution in [-0.2, 0) is 24.3 Å². The average Bonchev–Trinajstić information content (AvgIpc) is 3.01. The molecule has 0 amide bonds. The summed E-state index contributed by atoms with van der Waals surface area (Å²) in [7, 11) is 3.53. The van der Waals surface area contributed by atoms with E-state index in [2.05, 4.69) is 25.7 Å². The molecule has 1 aromatic heterocycles. The van der Waals surface area contributed by atoms with Crippen LogP contribution in [0, 0.1) is 5.92 Å². The first-order chi connectivity index (χ1) is 12.8. The van der Waals surface area contributed by atoms with Crippen molar-refractivity contribution >= 4 is 5.96 Å². The average molecular weight is 363 g/mol. The van der Waals surface area contributed by atoms with Crippen molar-refractivity contribution in [3.8, 4) is 0 Å². The van der Waals surface area contributed by atoms with Crippen LogP contribution in [0.4, 0.5) is 0 Å². The second kappa shape index (κ2) is 9.90. The van der Waals surface area contributed by atoms with Gasteiger partial charge in [0.1, 0.15) is 12.4 Å². The highest BCUT2D eigenvalue weighted by atomic mass is 16.5. The third-order valence-corrected chi connectivity index (χ3v) is 5.52. The van der Waals surface area contributed by atoms with E-state index in [-0.39, 0.29) is 0 Å². The number of fused-ring (bicyclic) bond motifs is 1. The van der Waals surface area contributed by atoms with Gasteiger partial charge in [-0.25, -0.2) is 9.67 Å². The van der Waals surface area contributed by atoms with Gasteiger partial charge in [0.05, 0.1) is 6.54 Å². The monoisotopic (exact) mass is 362 g/mol. The van der Waals surface area contributed by atoms with Crippen LogP contribution >= 0.6 is 0 Å². The van der Waals surface area contributed by atoms with Crippen LogP contribution in [0.15, 0.2) is 4.99 Å². The van der Waals surface area contributed by atoms with Gasteiger partial charge in [-0.3, -0.25) is 4.99 Å². The highest BCUT2D eigenvalue weighted by Crippen LogP contribution is 2.21. The van der Waals surface area contributed by atoms with Gasteiger partial charge in [0.15, 0.2) is 11.8 Å². The van der Waals surface area contributed by atoms with Gasteiger partial charge in [-0.2, -0.15) is 5.10 Å². The Balaban J connectivity index is 1.47. The molecule has 26 heavy (non-hydrogen) atoms. The number of nitrogens with zero attached hydrogens (tertiary/aromatic N) is 4. The highest BCUT2D eigenvalue weighted by Gasteiger charge is 2.22. The summed E-state index contributed by atoms with van der Waals surface area (Å²) in [6.45, 7) is 2.33. The lowest BCUT2D eigenvalue weighted by molar-refractivity contribution is 0.177. The summed E-state index contributed by atoms with van der Waals surface area (Å²) in [5.74, 6) is 3.53. The van der Waals surface area contributed by atoms with Crippen LogP contribution in [0.5, 0.6) is 0 Å². The summed E-state index contributed by atoms with van der Waals surface area (Å²) >= 11 is 0. The fraction of sp³-hybridized carbons (Fsp3) is 0.842. The summed E-state index contributed by atoms with van der Waals surface area (Å²) in [5, 5.41) is 11.7. The van der Waals surface area contributed by atoms with E-state index in [0.717, 1.165) is 49.5 Å². The van der Waals surface area contributed by atoms with Gasteiger partial charge in [-0.1, -0.05) is 32.1 Å². The molecule has 7 heteroatoms. The van der Waals surface area contributed by atoms with E-state index in [4.69, 9.17) is 4.74 Å². The SMILES string of the molecule is CN=C(NCC1CCCCCCC1)NC1CCc2nc(COC)nn2C1. The molecule has 1 fully saturated rings. The molecule has 7 nitrogen and oxygen atoms in total. The largest absolute Gasteiger partial charge is 0.377 e. The maximum Gasteiger partial charge on any atom is 0.191 e. The van der Waals surface area contributed by atoms with Gasteiger partial charge in [0, 0.05) is 33.2 Å². The van der Waals surface area contributed by atoms with Crippen molar-refractivity contribution in [2.24, 2.45) is 10.9 Å². The standard InChI is InChI=1S/C19H34N6O/c1-20-19(21-12-15-8-6-4-3-5-7-9-15)22-16-10-11-18-23-17(14-26-2)24-25(18)13-16/h15-16H,3-14H2,1-2H3,(H2,20,21,22). The van der Waals surface area contributed by atoms with Gasteiger partial charge in [0.25, 0.3) is 0 Å². The van der Waals surface area contributed by atoms with Crippen molar-refractivity contribution in [3.05, 3.63) is 11.6 Å². The molecule has 1 atom stereocenters. The van der Waals surface area contributed by atoms with Crippen LogP contribution < -0.4 is 10.6 Å². The predicted octanol–water partition coefficient (Wildman–Crippen LogP) is 2.26. The van der Waals surface area contributed by atoms with Crippen LogP contribution in [0.2, 0.25) is 0 Å². The van der Waals surface area contributed by atoms with Crippen molar-refractivity contribution in [2.45, 2.75) is 77.0 Å². The minimum Gasteiger partial charge on any atom is -0.377 e. The number of aromatic nitrogens is 3. The number of rotatable bonds is 5. The molecule has 0 saturated heterocycles. The van der Waals surface area contributed by atoms with Crippen molar-refractivity contribution in [3.63, 3.8) is 0 Å². The zero-order valence-electron chi connectivity index (χ0n) is 16.3. The normalized spacial score (nSPS) is 22.4. The molecule has 1 aromatic rings. The summed E-state index contributed by atoms with van der Waals surface area (Å²) in [5.41, 5.74) is 0. The number of methoxy groups -OCH3 is 1. The zero-order valence-corrected chi connectivity index (χ0v) is 16.3. The second-order valence-corrected chi connectivity index (χ2v) is 7.60. The van der Waals surface area contributed by atoms with Gasteiger partial charge in [-0.05, 0) is 25.2 Å². The Labute approximate surface area is 157 Å². The second-order valence-electron chi connectivity index (χ2n) is 7.60. The zero-order chi connectivity index (χ0) is 18.2. The molecule has 0 bridgehead atoms. The number of aliphatic imine (C=N–C) groups is 1. The Kier molecular flexibility index (Phi) is 7.29. The molecule has 146 valence electrons. The van der Waals surface area contributed by atoms with Crippen LogP contribution in [-0.4, -0.2) is 47.5 Å². The quantitative estimate of drug-likeness (QED) is 0.621. The van der Waals surface area contributed by atoms with Crippen molar-refractivity contribution in [1.82, 2.24) is 25.4 Å². The van der Waals surface area contributed by atoms with E-state index in [9.17, 15) is 0 Å². The van der Waals surface area contributed by atoms with Crippen molar-refractivity contribution in [2.75, 3.05) is 20.7 Å². The topological polar surface area (TPSA) is 76.4 Å². The van der Waals surface area contributed by atoms with Gasteiger partial charge in [0.2, 0.25) is 0 Å². The van der Waals surface area contributed by atoms with Crippen LogP contribution in [0.25, 0.3) is 0 Å². The molecule has 1 saturated carbocycles. The first-order valence-corrected chi connectivity index (χ1v) is 10.2. The summed E-state index contributed by atoms with van der Waals surface area (Å²) < 4.78 is 7.15. The number of hydrogen-bond acceptors (Lipinski definition) is 4. The maximum atomic E-state index is 5.14. The Bertz CT molecular complexity index is 577. The molecule has 2 aliphatic rings. The Morgan fingerprint density at radius 3 is 2.69 bits per heavy atom. The van der Waals surface area contributed by atoms with Gasteiger partial charge < -0.3 is 15.4 Å². The van der Waals surface area contributed by atoms with E-state index in [1.807, 2.05) is 11.7 Å². The fourth-order valence-electron chi connectivity index (χ4n) is 4.04. The van der Waals surface area contributed by atoms with Crippen molar-refractivity contribution in [1.29, 1.82) is 0 Å². The van der Waals surface area contributed by atoms with E-state index >= 15 is 0 Å². The first-order valence-electron chi connectivity index (χ1n) is 10.2. The molecule has 0 radical (unpaired) electrons. The van der Waals surface area contributed by atoms with Crippen molar-refractivity contribution < 1.29 is 4.74 Å². The first kappa shape index (κ1) is 19.1. The summed E-state index contributed by atoms with van der Waals surface area (Å²) in [6.07, 6.45) is 11.6. The molecule has 0 spiro atoms. The maximum absolute atomic E-state index is 5.14. The molecular formula is C19H34N6O. The Morgan fingerprint density at radius 1 is 1.19 bits per heavy atom. The predicted molar refractivity (Wildman–Crippen MR) is 103 cm³/mol. The number of aryl methyl sites for hydroxylation is 1. The lowest BCUT2D eigenvalue weighted by atomic mass is 9.91. The molecular weight excluding hydrogens is 328 g/mol. The van der Waals surface area contributed by atoms with E-state index < -0.39 is 0 Å². The molecule has 1 aliphatic carbocycles. The molecule has 1 unspecified atom stereocenters. The smallest absolute Gasteiger partial charge is 0.191 e. The molecule has 0 aromatic carbocycles. The Hall–Kier alpha value is -1.63. The minimum absolute atomic E-state index is 0.336. The number of ether oxygens (including phenoxy) is 1. The fourth-order valence-corrected chi connectivity index (χ4v) is 4.04.